The van der Waals surface area contributed by atoms with Crippen molar-refractivity contribution in [1.29, 1.82) is 0 Å². The Morgan fingerprint density at radius 3 is 2.74 bits per heavy atom. The first-order valence-corrected chi connectivity index (χ1v) is 7.36. The van der Waals surface area contributed by atoms with Crippen molar-refractivity contribution in [3.63, 3.8) is 0 Å². The number of hydrogen-bond donors (Lipinski definition) is 1. The van der Waals surface area contributed by atoms with Gasteiger partial charge >= 0.3 is 0 Å². The van der Waals surface area contributed by atoms with Crippen molar-refractivity contribution in [3.05, 3.63) is 46.2 Å². The van der Waals surface area contributed by atoms with E-state index in [0.717, 1.165) is 24.3 Å². The Morgan fingerprint density at radius 2 is 1.95 bits per heavy atom. The molecule has 100 valence electrons. The van der Waals surface area contributed by atoms with Crippen molar-refractivity contribution < 1.29 is 9.47 Å². The third-order valence-electron chi connectivity index (χ3n) is 3.15. The highest BCUT2D eigenvalue weighted by atomic mass is 32.1. The highest BCUT2D eigenvalue weighted by molar-refractivity contribution is 7.09. The summed E-state index contributed by atoms with van der Waals surface area (Å²) in [5.41, 5.74) is 7.41. The fourth-order valence-corrected chi connectivity index (χ4v) is 3.08. The van der Waals surface area contributed by atoms with Crippen LogP contribution in [0.1, 0.15) is 10.4 Å². The molecule has 0 amide bonds. The third kappa shape index (κ3) is 3.08. The normalized spacial score (nSPS) is 15.2. The van der Waals surface area contributed by atoms with Crippen LogP contribution in [0, 0.1) is 0 Å². The molecule has 1 atom stereocenters. The molecular weight excluding hydrogens is 258 g/mol. The van der Waals surface area contributed by atoms with Crippen molar-refractivity contribution >= 4 is 11.3 Å². The van der Waals surface area contributed by atoms with Crippen LogP contribution in [0.3, 0.4) is 0 Å². The Hall–Kier alpha value is -1.52. The molecule has 2 N–H and O–H groups in total. The van der Waals surface area contributed by atoms with Crippen molar-refractivity contribution in [3.8, 4) is 11.5 Å². The Morgan fingerprint density at radius 1 is 1.11 bits per heavy atom. The molecule has 1 aromatic carbocycles. The second-order valence-corrected chi connectivity index (χ2v) is 5.76. The van der Waals surface area contributed by atoms with E-state index < -0.39 is 0 Å². The van der Waals surface area contributed by atoms with E-state index >= 15 is 0 Å². The topological polar surface area (TPSA) is 44.5 Å². The number of benzene rings is 1. The summed E-state index contributed by atoms with van der Waals surface area (Å²) >= 11 is 1.76. The zero-order chi connectivity index (χ0) is 13.1. The Labute approximate surface area is 117 Å². The van der Waals surface area contributed by atoms with Crippen LogP contribution in [0.25, 0.3) is 0 Å². The summed E-state index contributed by atoms with van der Waals surface area (Å²) in [5.74, 6) is 1.67. The summed E-state index contributed by atoms with van der Waals surface area (Å²) in [7, 11) is 0. The minimum Gasteiger partial charge on any atom is -0.486 e. The number of ether oxygens (including phenoxy) is 2. The maximum absolute atomic E-state index is 6.21. The van der Waals surface area contributed by atoms with E-state index in [9.17, 15) is 0 Å². The summed E-state index contributed by atoms with van der Waals surface area (Å²) in [5, 5.41) is 2.09. The number of nitrogens with two attached hydrogens (primary N) is 1. The third-order valence-corrected chi connectivity index (χ3v) is 4.05. The Bertz CT molecular complexity index is 539. The summed E-state index contributed by atoms with van der Waals surface area (Å²) in [4.78, 5) is 1.34. The highest BCUT2D eigenvalue weighted by Gasteiger charge is 2.13. The van der Waals surface area contributed by atoms with Crippen LogP contribution in [0.2, 0.25) is 0 Å². The van der Waals surface area contributed by atoms with Crippen molar-refractivity contribution in [2.75, 3.05) is 13.2 Å². The molecule has 0 saturated heterocycles. The second kappa shape index (κ2) is 5.63. The van der Waals surface area contributed by atoms with Crippen molar-refractivity contribution in [2.24, 2.45) is 5.73 Å². The standard InChI is InChI=1S/C15H17NO2S/c16-12(10-13-2-1-7-19-13)8-11-3-4-14-15(9-11)18-6-5-17-14/h1-4,7,9,12H,5-6,8,10,16H2. The van der Waals surface area contributed by atoms with Gasteiger partial charge < -0.3 is 15.2 Å². The predicted octanol–water partition coefficient (Wildman–Crippen LogP) is 2.63. The van der Waals surface area contributed by atoms with E-state index in [2.05, 4.69) is 23.6 Å². The average Bonchev–Trinajstić information content (AvgIpc) is 2.91. The molecule has 0 saturated carbocycles. The van der Waals surface area contributed by atoms with Gasteiger partial charge in [0.15, 0.2) is 11.5 Å². The molecule has 1 aliphatic heterocycles. The lowest BCUT2D eigenvalue weighted by molar-refractivity contribution is 0.171. The van der Waals surface area contributed by atoms with Crippen molar-refractivity contribution in [2.45, 2.75) is 18.9 Å². The predicted molar refractivity (Wildman–Crippen MR) is 77.1 cm³/mol. The average molecular weight is 275 g/mol. The van der Waals surface area contributed by atoms with Gasteiger partial charge in [-0.2, -0.15) is 0 Å². The molecule has 0 radical (unpaired) electrons. The first kappa shape index (κ1) is 12.5. The molecule has 4 heteroatoms. The molecule has 19 heavy (non-hydrogen) atoms. The zero-order valence-corrected chi connectivity index (χ0v) is 11.5. The van der Waals surface area contributed by atoms with Crippen LogP contribution in [0.5, 0.6) is 11.5 Å². The summed E-state index contributed by atoms with van der Waals surface area (Å²) in [6.45, 7) is 1.25. The van der Waals surface area contributed by atoms with Gasteiger partial charge in [-0.1, -0.05) is 12.1 Å². The van der Waals surface area contributed by atoms with Gasteiger partial charge in [0.1, 0.15) is 13.2 Å². The minimum atomic E-state index is 0.140. The van der Waals surface area contributed by atoms with E-state index in [4.69, 9.17) is 15.2 Å². The van der Waals surface area contributed by atoms with Crippen LogP contribution in [-0.2, 0) is 12.8 Å². The summed E-state index contributed by atoms with van der Waals surface area (Å²) in [6, 6.07) is 10.4. The van der Waals surface area contributed by atoms with Crippen LogP contribution in [-0.4, -0.2) is 19.3 Å². The summed E-state index contributed by atoms with van der Waals surface area (Å²) in [6.07, 6.45) is 1.78. The number of thiophene rings is 1. The van der Waals surface area contributed by atoms with Crippen LogP contribution < -0.4 is 15.2 Å². The fraction of sp³-hybridized carbons (Fsp3) is 0.333. The summed E-state index contributed by atoms with van der Waals surface area (Å²) < 4.78 is 11.1. The monoisotopic (exact) mass is 275 g/mol. The van der Waals surface area contributed by atoms with E-state index in [1.54, 1.807) is 11.3 Å². The van der Waals surface area contributed by atoms with Gasteiger partial charge in [-0.15, -0.1) is 11.3 Å². The lowest BCUT2D eigenvalue weighted by Gasteiger charge is -2.19. The van der Waals surface area contributed by atoms with Gasteiger partial charge in [-0.3, -0.25) is 0 Å². The molecule has 3 nitrogen and oxygen atoms in total. The largest absolute Gasteiger partial charge is 0.486 e. The maximum atomic E-state index is 6.21. The SMILES string of the molecule is NC(Cc1ccc2c(c1)OCCO2)Cc1cccs1. The Balaban J connectivity index is 1.66. The van der Waals surface area contributed by atoms with Gasteiger partial charge in [-0.05, 0) is 42.0 Å². The van der Waals surface area contributed by atoms with Gasteiger partial charge in [0.05, 0.1) is 0 Å². The molecule has 0 fully saturated rings. The molecule has 1 aromatic heterocycles. The van der Waals surface area contributed by atoms with E-state index in [1.807, 2.05) is 12.1 Å². The quantitative estimate of drug-likeness (QED) is 0.933. The molecule has 0 bridgehead atoms. The van der Waals surface area contributed by atoms with Crippen LogP contribution >= 0.6 is 11.3 Å². The van der Waals surface area contributed by atoms with Crippen molar-refractivity contribution in [1.82, 2.24) is 0 Å². The van der Waals surface area contributed by atoms with Gasteiger partial charge in [-0.25, -0.2) is 0 Å². The molecular formula is C15H17NO2S. The van der Waals surface area contributed by atoms with Crippen LogP contribution in [0.4, 0.5) is 0 Å². The van der Waals surface area contributed by atoms with E-state index in [0.29, 0.717) is 13.2 Å². The van der Waals surface area contributed by atoms with E-state index in [-0.39, 0.29) is 6.04 Å². The molecule has 2 aromatic rings. The van der Waals surface area contributed by atoms with E-state index in [1.165, 1.54) is 10.4 Å². The molecule has 0 aliphatic carbocycles. The highest BCUT2D eigenvalue weighted by Crippen LogP contribution is 2.31. The smallest absolute Gasteiger partial charge is 0.161 e. The molecule has 0 spiro atoms. The number of hydrogen-bond acceptors (Lipinski definition) is 4. The lowest BCUT2D eigenvalue weighted by atomic mass is 10.0. The molecule has 1 unspecified atom stereocenters. The number of rotatable bonds is 4. The van der Waals surface area contributed by atoms with Gasteiger partial charge in [0.25, 0.3) is 0 Å². The molecule has 1 aliphatic rings. The van der Waals surface area contributed by atoms with Gasteiger partial charge in [0.2, 0.25) is 0 Å². The maximum Gasteiger partial charge on any atom is 0.161 e. The molecule has 3 rings (SSSR count). The minimum absolute atomic E-state index is 0.140. The second-order valence-electron chi connectivity index (χ2n) is 4.73. The fourth-order valence-electron chi connectivity index (χ4n) is 2.28. The van der Waals surface area contributed by atoms with Crippen LogP contribution in [0.15, 0.2) is 35.7 Å². The lowest BCUT2D eigenvalue weighted by Crippen LogP contribution is -2.25. The molecule has 2 heterocycles. The van der Waals surface area contributed by atoms with Gasteiger partial charge in [0, 0.05) is 10.9 Å². The number of fused-ring (bicyclic) bond motifs is 1. The Kier molecular flexibility index (Phi) is 3.71. The zero-order valence-electron chi connectivity index (χ0n) is 10.7. The first-order chi connectivity index (χ1) is 9.31. The first-order valence-electron chi connectivity index (χ1n) is 6.48.